The van der Waals surface area contributed by atoms with Gasteiger partial charge in [0.05, 0.1) is 6.54 Å². The van der Waals surface area contributed by atoms with E-state index >= 15 is 0 Å². The van der Waals surface area contributed by atoms with Crippen LogP contribution in [0, 0.1) is 0 Å². The fourth-order valence-electron chi connectivity index (χ4n) is 0.270. The van der Waals surface area contributed by atoms with Crippen molar-refractivity contribution in [2.45, 2.75) is 26.4 Å². The van der Waals surface area contributed by atoms with Crippen LogP contribution in [0.3, 0.4) is 0 Å². The lowest BCUT2D eigenvalue weighted by Gasteiger charge is -2.17. The Labute approximate surface area is 67.3 Å². The Morgan fingerprint density at radius 3 is 2.45 bits per heavy atom. The summed E-state index contributed by atoms with van der Waals surface area (Å²) in [6.45, 7) is 5.41. The highest BCUT2D eigenvalue weighted by molar-refractivity contribution is 6.22. The van der Waals surface area contributed by atoms with Crippen LogP contribution in [-0.2, 0) is 14.1 Å². The van der Waals surface area contributed by atoms with E-state index in [2.05, 4.69) is 4.65 Å². The average molecular weight is 158 g/mol. The van der Waals surface area contributed by atoms with Crippen molar-refractivity contribution in [1.82, 2.24) is 0 Å². The summed E-state index contributed by atoms with van der Waals surface area (Å²) >= 11 is 0. The molecule has 0 fully saturated rings. The smallest absolute Gasteiger partial charge is 0.510 e. The maximum atomic E-state index is 10.4. The predicted molar refractivity (Wildman–Crippen MR) is 41.7 cm³/mol. The zero-order chi connectivity index (χ0) is 8.91. The van der Waals surface area contributed by atoms with Crippen LogP contribution in [0.2, 0.25) is 0 Å². The van der Waals surface area contributed by atoms with E-state index in [9.17, 15) is 4.79 Å². The Balaban J connectivity index is 3.35. The molecule has 0 aromatic heterocycles. The normalized spacial score (nSPS) is 10.9. The number of hydrogen-bond donors (Lipinski definition) is 1. The molecule has 0 saturated heterocycles. The molecule has 0 bridgehead atoms. The van der Waals surface area contributed by atoms with Gasteiger partial charge in [-0.15, -0.1) is 0 Å². The van der Waals surface area contributed by atoms with Gasteiger partial charge >= 0.3 is 13.7 Å². The lowest BCUT2D eigenvalue weighted by molar-refractivity contribution is -0.134. The summed E-state index contributed by atoms with van der Waals surface area (Å²) in [5.74, 6) is -0.505. The van der Waals surface area contributed by atoms with E-state index in [0.717, 1.165) is 7.69 Å². The second kappa shape index (κ2) is 4.36. The molecule has 0 aromatic carbocycles. The van der Waals surface area contributed by atoms with E-state index in [1.807, 2.05) is 20.8 Å². The Kier molecular flexibility index (Phi) is 4.14. The summed E-state index contributed by atoms with van der Waals surface area (Å²) in [6, 6.07) is 0. The lowest BCUT2D eigenvalue weighted by atomic mass is 10.1. The van der Waals surface area contributed by atoms with E-state index in [-0.39, 0.29) is 12.1 Å². The van der Waals surface area contributed by atoms with E-state index in [1.165, 1.54) is 0 Å². The first kappa shape index (κ1) is 10.5. The zero-order valence-corrected chi connectivity index (χ0v) is 7.09. The molecule has 4 nitrogen and oxygen atoms in total. The summed E-state index contributed by atoms with van der Waals surface area (Å²) in [6.07, 6.45) is 0. The van der Waals surface area contributed by atoms with Crippen molar-refractivity contribution < 1.29 is 14.1 Å². The first-order valence-corrected chi connectivity index (χ1v) is 3.35. The molecule has 0 aliphatic rings. The number of nitrogens with two attached hydrogens (primary N) is 1. The maximum absolute atomic E-state index is 10.4. The van der Waals surface area contributed by atoms with Gasteiger partial charge in [-0.25, -0.2) is 0 Å². The van der Waals surface area contributed by atoms with Crippen LogP contribution in [-0.4, -0.2) is 25.8 Å². The lowest BCUT2D eigenvalue weighted by Crippen LogP contribution is -2.27. The Hall–Kier alpha value is -0.545. The minimum absolute atomic E-state index is 0.135. The van der Waals surface area contributed by atoms with E-state index in [0.29, 0.717) is 0 Å². The van der Waals surface area contributed by atoms with E-state index < -0.39 is 5.97 Å². The van der Waals surface area contributed by atoms with Crippen LogP contribution in [0.5, 0.6) is 0 Å². The molecule has 0 aliphatic carbocycles. The second-order valence-corrected chi connectivity index (χ2v) is 3.02. The highest BCUT2D eigenvalue weighted by Crippen LogP contribution is 2.04. The quantitative estimate of drug-likeness (QED) is 0.579. The number of carbonyl (C=O) groups is 1. The summed E-state index contributed by atoms with van der Waals surface area (Å²) < 4.78 is 9.43. The topological polar surface area (TPSA) is 61.5 Å². The Morgan fingerprint density at radius 2 is 2.09 bits per heavy atom. The van der Waals surface area contributed by atoms with Crippen LogP contribution >= 0.6 is 0 Å². The molecule has 0 aromatic rings. The molecule has 0 unspecified atom stereocenters. The van der Waals surface area contributed by atoms with Gasteiger partial charge in [-0.2, -0.15) is 0 Å². The third-order valence-electron chi connectivity index (χ3n) is 0.748. The molecule has 11 heavy (non-hydrogen) atoms. The number of rotatable bonds is 3. The fourth-order valence-corrected chi connectivity index (χ4v) is 0.270. The van der Waals surface area contributed by atoms with Gasteiger partial charge in [-0.05, 0) is 20.8 Å². The minimum Gasteiger partial charge on any atom is -0.510 e. The van der Waals surface area contributed by atoms with Crippen molar-refractivity contribution in [1.29, 1.82) is 0 Å². The van der Waals surface area contributed by atoms with Crippen LogP contribution < -0.4 is 5.73 Å². The van der Waals surface area contributed by atoms with Gasteiger partial charge in [-0.3, -0.25) is 4.79 Å². The molecule has 5 heteroatoms. The minimum atomic E-state index is -0.505. The third-order valence-corrected chi connectivity index (χ3v) is 0.748. The van der Waals surface area contributed by atoms with Gasteiger partial charge in [-0.1, -0.05) is 0 Å². The highest BCUT2D eigenvalue weighted by Gasteiger charge is 2.13. The molecule has 1 radical (unpaired) electrons. The third kappa shape index (κ3) is 7.35. The predicted octanol–water partition coefficient (Wildman–Crippen LogP) is -0.162. The van der Waals surface area contributed by atoms with Crippen molar-refractivity contribution in [3.05, 3.63) is 0 Å². The largest absolute Gasteiger partial charge is 0.574 e. The number of carbonyl (C=O) groups excluding carboxylic acids is 1. The van der Waals surface area contributed by atoms with Gasteiger partial charge in [0.2, 0.25) is 0 Å². The van der Waals surface area contributed by atoms with Crippen LogP contribution in [0.1, 0.15) is 20.8 Å². The highest BCUT2D eigenvalue weighted by atomic mass is 16.6. The maximum Gasteiger partial charge on any atom is 0.574 e. The molecule has 0 heterocycles. The summed E-state index contributed by atoms with van der Waals surface area (Å²) in [5, 5.41) is 0. The van der Waals surface area contributed by atoms with Gasteiger partial charge < -0.3 is 15.0 Å². The van der Waals surface area contributed by atoms with Crippen LogP contribution in [0.15, 0.2) is 0 Å². The van der Waals surface area contributed by atoms with Gasteiger partial charge in [0.25, 0.3) is 0 Å². The van der Waals surface area contributed by atoms with Crippen molar-refractivity contribution >= 4 is 13.7 Å². The summed E-state index contributed by atoms with van der Waals surface area (Å²) in [7, 11) is 1.01. The number of hydrogen-bond acceptors (Lipinski definition) is 4. The average Bonchev–Trinajstić information content (AvgIpc) is 1.85. The Bertz CT molecular complexity index is 132. The summed E-state index contributed by atoms with van der Waals surface area (Å²) in [5.41, 5.74) is 4.63. The molecule has 0 rings (SSSR count). The first-order chi connectivity index (χ1) is 4.95. The van der Waals surface area contributed by atoms with Crippen molar-refractivity contribution in [2.24, 2.45) is 5.73 Å². The molecule has 0 aliphatic heterocycles. The van der Waals surface area contributed by atoms with Gasteiger partial charge in [0.1, 0.15) is 0 Å². The molecular weight excluding hydrogens is 145 g/mol. The van der Waals surface area contributed by atoms with E-state index in [1.54, 1.807) is 0 Å². The molecule has 2 N–H and O–H groups in total. The second-order valence-electron chi connectivity index (χ2n) is 3.02. The zero-order valence-electron chi connectivity index (χ0n) is 7.09. The van der Waals surface area contributed by atoms with Crippen LogP contribution in [0.4, 0.5) is 0 Å². The van der Waals surface area contributed by atoms with Crippen molar-refractivity contribution in [2.75, 3.05) is 6.54 Å². The van der Waals surface area contributed by atoms with Crippen molar-refractivity contribution in [3.8, 4) is 0 Å². The molecule has 0 spiro atoms. The summed E-state index contributed by atoms with van der Waals surface area (Å²) in [4.78, 5) is 10.4. The van der Waals surface area contributed by atoms with E-state index in [4.69, 9.17) is 10.4 Å². The standard InChI is InChI=1S/C6H13BNO3/c1-6(2,3)11-7-10-5(9)4-8/h4,8H2,1-3H3. The molecule has 0 atom stereocenters. The van der Waals surface area contributed by atoms with Crippen LogP contribution in [0.25, 0.3) is 0 Å². The molecule has 63 valence electrons. The molecule has 0 amide bonds. The van der Waals surface area contributed by atoms with Gasteiger partial charge in [0.15, 0.2) is 0 Å². The Morgan fingerprint density at radius 1 is 1.55 bits per heavy atom. The molecular formula is C6H13BNO3. The molecule has 0 saturated carbocycles. The SMILES string of the molecule is CC(C)(C)O[B]OC(=O)CN. The van der Waals surface area contributed by atoms with Crippen molar-refractivity contribution in [3.63, 3.8) is 0 Å². The first-order valence-electron chi connectivity index (χ1n) is 3.35. The fraction of sp³-hybridized carbons (Fsp3) is 0.833. The van der Waals surface area contributed by atoms with Gasteiger partial charge in [0, 0.05) is 5.60 Å². The monoisotopic (exact) mass is 158 g/mol.